The Hall–Kier alpha value is -2.04. The fourth-order valence-electron chi connectivity index (χ4n) is 1.62. The molecule has 0 spiro atoms. The van der Waals surface area contributed by atoms with E-state index in [-0.39, 0.29) is 0 Å². The molecular formula is C16H13Cl2NO3. The van der Waals surface area contributed by atoms with Gasteiger partial charge in [-0.1, -0.05) is 29.3 Å². The summed E-state index contributed by atoms with van der Waals surface area (Å²) in [5.41, 5.74) is 1.40. The summed E-state index contributed by atoms with van der Waals surface area (Å²) in [6.45, 7) is 1.47. The van der Waals surface area contributed by atoms with Gasteiger partial charge in [0.05, 0.1) is 15.7 Å². The fraction of sp³-hybridized carbons (Fsp3) is 0.125. The van der Waals surface area contributed by atoms with Crippen LogP contribution in [-0.4, -0.2) is 23.4 Å². The van der Waals surface area contributed by atoms with Crippen molar-refractivity contribution in [1.82, 2.24) is 0 Å². The highest BCUT2D eigenvalue weighted by molar-refractivity contribution is 6.43. The third-order valence-corrected chi connectivity index (χ3v) is 3.63. The molecule has 2 aromatic rings. The molecule has 0 aliphatic rings. The van der Waals surface area contributed by atoms with E-state index in [1.54, 1.807) is 48.7 Å². The highest BCUT2D eigenvalue weighted by Crippen LogP contribution is 2.31. The van der Waals surface area contributed by atoms with Gasteiger partial charge in [0.1, 0.15) is 5.75 Å². The molecule has 2 rings (SSSR count). The molecule has 2 aromatic carbocycles. The SMILES string of the molecule is C[C@@H](Oc1ccc(C=Nc2cccc(Cl)c2Cl)cc1)C(=O)O. The summed E-state index contributed by atoms with van der Waals surface area (Å²) in [4.78, 5) is 15.0. The number of benzene rings is 2. The van der Waals surface area contributed by atoms with E-state index in [4.69, 9.17) is 33.0 Å². The minimum Gasteiger partial charge on any atom is -0.479 e. The van der Waals surface area contributed by atoms with Crippen LogP contribution in [-0.2, 0) is 4.79 Å². The molecule has 0 unspecified atom stereocenters. The summed E-state index contributed by atoms with van der Waals surface area (Å²) in [5, 5.41) is 9.63. The first-order valence-electron chi connectivity index (χ1n) is 6.45. The second-order valence-corrected chi connectivity index (χ2v) is 5.28. The molecule has 1 atom stereocenters. The van der Waals surface area contributed by atoms with E-state index >= 15 is 0 Å². The lowest BCUT2D eigenvalue weighted by Crippen LogP contribution is -2.22. The number of carboxylic acids is 1. The Balaban J connectivity index is 2.09. The van der Waals surface area contributed by atoms with Crippen LogP contribution in [0, 0.1) is 0 Å². The van der Waals surface area contributed by atoms with E-state index in [0.717, 1.165) is 5.56 Å². The molecule has 0 aliphatic heterocycles. The quantitative estimate of drug-likeness (QED) is 0.811. The monoisotopic (exact) mass is 337 g/mol. The normalized spacial score (nSPS) is 12.3. The van der Waals surface area contributed by atoms with E-state index in [1.165, 1.54) is 6.92 Å². The van der Waals surface area contributed by atoms with Crippen LogP contribution in [0.25, 0.3) is 0 Å². The van der Waals surface area contributed by atoms with Gasteiger partial charge in [-0.25, -0.2) is 4.79 Å². The van der Waals surface area contributed by atoms with Crippen molar-refractivity contribution in [3.8, 4) is 5.75 Å². The Kier molecular flexibility index (Phi) is 5.41. The summed E-state index contributed by atoms with van der Waals surface area (Å²) in [5.74, 6) is -0.533. The summed E-state index contributed by atoms with van der Waals surface area (Å²) >= 11 is 12.0. The third kappa shape index (κ3) is 4.23. The summed E-state index contributed by atoms with van der Waals surface area (Å²) in [7, 11) is 0. The van der Waals surface area contributed by atoms with Crippen molar-refractivity contribution in [3.05, 3.63) is 58.1 Å². The number of rotatable bonds is 5. The van der Waals surface area contributed by atoms with Crippen LogP contribution in [0.1, 0.15) is 12.5 Å². The van der Waals surface area contributed by atoms with Crippen molar-refractivity contribution < 1.29 is 14.6 Å². The van der Waals surface area contributed by atoms with Crippen LogP contribution in [0.3, 0.4) is 0 Å². The molecule has 1 N–H and O–H groups in total. The Bertz CT molecular complexity index is 699. The fourth-order valence-corrected chi connectivity index (χ4v) is 1.97. The zero-order valence-electron chi connectivity index (χ0n) is 11.7. The third-order valence-electron chi connectivity index (χ3n) is 2.82. The van der Waals surface area contributed by atoms with Crippen LogP contribution in [0.5, 0.6) is 5.75 Å². The van der Waals surface area contributed by atoms with Crippen LogP contribution < -0.4 is 4.74 Å². The predicted molar refractivity (Wildman–Crippen MR) is 87.9 cm³/mol. The molecule has 114 valence electrons. The molecule has 0 amide bonds. The molecule has 0 aromatic heterocycles. The number of hydrogen-bond donors (Lipinski definition) is 1. The van der Waals surface area contributed by atoms with Gasteiger partial charge in [0.15, 0.2) is 6.10 Å². The minimum absolute atomic E-state index is 0.399. The van der Waals surface area contributed by atoms with Crippen molar-refractivity contribution in [2.45, 2.75) is 13.0 Å². The van der Waals surface area contributed by atoms with Crippen molar-refractivity contribution in [3.63, 3.8) is 0 Å². The number of aliphatic imine (C=N–C) groups is 1. The largest absolute Gasteiger partial charge is 0.479 e. The van der Waals surface area contributed by atoms with E-state index in [9.17, 15) is 4.79 Å². The zero-order chi connectivity index (χ0) is 16.1. The number of halogens is 2. The van der Waals surface area contributed by atoms with Gasteiger partial charge in [-0.15, -0.1) is 0 Å². The van der Waals surface area contributed by atoms with Crippen molar-refractivity contribution in [2.75, 3.05) is 0 Å². The van der Waals surface area contributed by atoms with E-state index < -0.39 is 12.1 Å². The lowest BCUT2D eigenvalue weighted by molar-refractivity contribution is -0.144. The second kappa shape index (κ2) is 7.29. The van der Waals surface area contributed by atoms with Crippen LogP contribution >= 0.6 is 23.2 Å². The number of hydrogen-bond acceptors (Lipinski definition) is 3. The Morgan fingerprint density at radius 1 is 1.23 bits per heavy atom. The Morgan fingerprint density at radius 2 is 1.91 bits per heavy atom. The average molecular weight is 338 g/mol. The first-order valence-corrected chi connectivity index (χ1v) is 7.20. The van der Waals surface area contributed by atoms with E-state index in [0.29, 0.717) is 21.5 Å². The molecule has 0 heterocycles. The van der Waals surface area contributed by atoms with Crippen LogP contribution in [0.15, 0.2) is 47.5 Å². The van der Waals surface area contributed by atoms with Gasteiger partial charge in [0.25, 0.3) is 0 Å². The molecule has 0 bridgehead atoms. The van der Waals surface area contributed by atoms with Gasteiger partial charge in [-0.05, 0) is 48.9 Å². The van der Waals surface area contributed by atoms with Gasteiger partial charge in [-0.2, -0.15) is 0 Å². The molecule has 4 nitrogen and oxygen atoms in total. The topological polar surface area (TPSA) is 58.9 Å². The number of ether oxygens (including phenoxy) is 1. The maximum atomic E-state index is 10.7. The average Bonchev–Trinajstić information content (AvgIpc) is 2.50. The molecule has 0 radical (unpaired) electrons. The van der Waals surface area contributed by atoms with Crippen molar-refractivity contribution in [1.29, 1.82) is 0 Å². The number of carbonyl (C=O) groups is 1. The maximum Gasteiger partial charge on any atom is 0.344 e. The smallest absolute Gasteiger partial charge is 0.344 e. The van der Waals surface area contributed by atoms with Crippen LogP contribution in [0.4, 0.5) is 5.69 Å². The Morgan fingerprint density at radius 3 is 2.55 bits per heavy atom. The molecule has 22 heavy (non-hydrogen) atoms. The van der Waals surface area contributed by atoms with Gasteiger partial charge >= 0.3 is 5.97 Å². The van der Waals surface area contributed by atoms with Gasteiger partial charge in [-0.3, -0.25) is 4.99 Å². The number of nitrogens with zero attached hydrogens (tertiary/aromatic N) is 1. The predicted octanol–water partition coefficient (Wildman–Crippen LogP) is 4.60. The van der Waals surface area contributed by atoms with Crippen molar-refractivity contribution in [2.24, 2.45) is 4.99 Å². The number of aliphatic carboxylic acids is 1. The lowest BCUT2D eigenvalue weighted by atomic mass is 10.2. The molecule has 6 heteroatoms. The summed E-state index contributed by atoms with van der Waals surface area (Å²) < 4.78 is 5.25. The molecule has 0 fully saturated rings. The van der Waals surface area contributed by atoms with Gasteiger partial charge in [0, 0.05) is 6.21 Å². The molecular weight excluding hydrogens is 325 g/mol. The zero-order valence-corrected chi connectivity index (χ0v) is 13.2. The first kappa shape index (κ1) is 16.3. The van der Waals surface area contributed by atoms with E-state index in [1.807, 2.05) is 0 Å². The summed E-state index contributed by atoms with van der Waals surface area (Å²) in [6.07, 6.45) is 0.742. The standard InChI is InChI=1S/C16H13Cl2NO3/c1-10(16(20)21)22-12-7-5-11(6-8-12)9-19-14-4-2-3-13(17)15(14)18/h2-10H,1H3,(H,20,21)/t10-/m1/s1. The van der Waals surface area contributed by atoms with Crippen molar-refractivity contribution >= 4 is 41.1 Å². The number of carboxylic acid groups (broad SMARTS) is 1. The second-order valence-electron chi connectivity index (χ2n) is 4.50. The summed E-state index contributed by atoms with van der Waals surface area (Å²) in [6, 6.07) is 12.1. The maximum absolute atomic E-state index is 10.7. The van der Waals surface area contributed by atoms with Gasteiger partial charge < -0.3 is 9.84 Å². The van der Waals surface area contributed by atoms with E-state index in [2.05, 4.69) is 4.99 Å². The Labute approximate surface area is 138 Å². The molecule has 0 saturated carbocycles. The molecule has 0 saturated heterocycles. The minimum atomic E-state index is -1.01. The highest BCUT2D eigenvalue weighted by Gasteiger charge is 2.11. The molecule has 0 aliphatic carbocycles. The van der Waals surface area contributed by atoms with Gasteiger partial charge in [0.2, 0.25) is 0 Å². The first-order chi connectivity index (χ1) is 10.5. The highest BCUT2D eigenvalue weighted by atomic mass is 35.5. The lowest BCUT2D eigenvalue weighted by Gasteiger charge is -2.09. The van der Waals surface area contributed by atoms with Crippen LogP contribution in [0.2, 0.25) is 10.0 Å².